The van der Waals surface area contributed by atoms with Gasteiger partial charge in [-0.05, 0) is 59.6 Å². The smallest absolute Gasteiger partial charge is 0.414 e. The van der Waals surface area contributed by atoms with Gasteiger partial charge in [-0.25, -0.2) is 0 Å². The standard InChI is InChI=1S/C35H47F12NO2Si/c1-23(2)51(24(3)4,19-18-31(36,37)33(41,42)34(43,44)35(45,46)47)50-22-30(8,9)48(28(29(5,6)7)26-15-11-10-12-16-26)49-21-25-14-13-17-27(20-25)32(38,39)40/h10-17,20,23-24,28H,18-19,21-22H2,1-9H3. The zero-order valence-electron chi connectivity index (χ0n) is 30.1. The zero-order chi connectivity index (χ0) is 39.6. The van der Waals surface area contributed by atoms with E-state index >= 15 is 0 Å². The molecule has 0 aliphatic heterocycles. The molecule has 292 valence electrons. The summed E-state index contributed by atoms with van der Waals surface area (Å²) in [5.41, 5.74) is -3.03. The summed E-state index contributed by atoms with van der Waals surface area (Å²) >= 11 is 0. The third-order valence-electron chi connectivity index (χ3n) is 9.08. The number of nitrogens with zero attached hydrogens (tertiary/aromatic N) is 1. The van der Waals surface area contributed by atoms with E-state index in [1.54, 1.807) is 59.7 Å². The van der Waals surface area contributed by atoms with Crippen molar-refractivity contribution in [2.75, 3.05) is 6.61 Å². The maximum atomic E-state index is 14.8. The quantitative estimate of drug-likeness (QED) is 0.0964. The number of halogens is 12. The lowest BCUT2D eigenvalue weighted by molar-refractivity contribution is -0.396. The minimum Gasteiger partial charge on any atom is -0.414 e. The lowest BCUT2D eigenvalue weighted by atomic mass is 9.80. The molecular formula is C35H47F12NO2Si. The van der Waals surface area contributed by atoms with Gasteiger partial charge < -0.3 is 4.43 Å². The van der Waals surface area contributed by atoms with Crippen molar-refractivity contribution in [3.63, 3.8) is 0 Å². The highest BCUT2D eigenvalue weighted by molar-refractivity contribution is 6.76. The Morgan fingerprint density at radius 3 is 1.67 bits per heavy atom. The lowest BCUT2D eigenvalue weighted by Gasteiger charge is -2.49. The molecule has 2 aromatic carbocycles. The molecule has 51 heavy (non-hydrogen) atoms. The van der Waals surface area contributed by atoms with Gasteiger partial charge in [0.2, 0.25) is 0 Å². The molecule has 2 rings (SSSR count). The Kier molecular flexibility index (Phi) is 13.7. The van der Waals surface area contributed by atoms with Crippen LogP contribution in [0.1, 0.15) is 91.5 Å². The van der Waals surface area contributed by atoms with Gasteiger partial charge in [-0.15, -0.1) is 0 Å². The topological polar surface area (TPSA) is 21.7 Å². The fraction of sp³-hybridized carbons (Fsp3) is 0.657. The highest BCUT2D eigenvalue weighted by atomic mass is 28.4. The van der Waals surface area contributed by atoms with Crippen LogP contribution in [0.15, 0.2) is 54.6 Å². The Morgan fingerprint density at radius 1 is 0.686 bits per heavy atom. The van der Waals surface area contributed by atoms with E-state index in [2.05, 4.69) is 0 Å². The molecule has 0 saturated heterocycles. The van der Waals surface area contributed by atoms with Gasteiger partial charge in [0.15, 0.2) is 8.32 Å². The van der Waals surface area contributed by atoms with Crippen LogP contribution in [0.5, 0.6) is 0 Å². The summed E-state index contributed by atoms with van der Waals surface area (Å²) in [6.07, 6.45) is -13.5. The molecule has 0 radical (unpaired) electrons. The van der Waals surface area contributed by atoms with Gasteiger partial charge >= 0.3 is 30.1 Å². The number of benzene rings is 2. The van der Waals surface area contributed by atoms with Gasteiger partial charge in [-0.3, -0.25) is 4.84 Å². The zero-order valence-corrected chi connectivity index (χ0v) is 31.1. The van der Waals surface area contributed by atoms with Gasteiger partial charge in [0.1, 0.15) is 0 Å². The van der Waals surface area contributed by atoms with Crippen LogP contribution in [-0.2, 0) is 22.0 Å². The molecule has 0 aliphatic rings. The van der Waals surface area contributed by atoms with Crippen molar-refractivity contribution < 1.29 is 61.9 Å². The first-order valence-corrected chi connectivity index (χ1v) is 18.6. The monoisotopic (exact) mass is 769 g/mol. The number of hydrogen-bond acceptors (Lipinski definition) is 3. The summed E-state index contributed by atoms with van der Waals surface area (Å²) in [7, 11) is -3.72. The van der Waals surface area contributed by atoms with E-state index in [1.807, 2.05) is 32.9 Å². The average Bonchev–Trinajstić information content (AvgIpc) is 2.97. The molecule has 2 aromatic rings. The highest BCUT2D eigenvalue weighted by Gasteiger charge is 2.81. The van der Waals surface area contributed by atoms with Crippen LogP contribution < -0.4 is 0 Å². The second-order valence-electron chi connectivity index (χ2n) is 15.2. The third kappa shape index (κ3) is 10.0. The molecule has 0 amide bonds. The first-order valence-electron chi connectivity index (χ1n) is 16.3. The molecule has 1 unspecified atom stereocenters. The van der Waals surface area contributed by atoms with E-state index in [4.69, 9.17) is 9.26 Å². The van der Waals surface area contributed by atoms with Crippen LogP contribution in [0.3, 0.4) is 0 Å². The number of rotatable bonds is 16. The second-order valence-corrected chi connectivity index (χ2v) is 20.2. The third-order valence-corrected chi connectivity index (χ3v) is 14.7. The van der Waals surface area contributed by atoms with E-state index in [0.29, 0.717) is 0 Å². The predicted molar refractivity (Wildman–Crippen MR) is 173 cm³/mol. The minimum absolute atomic E-state index is 0.180. The lowest BCUT2D eigenvalue weighted by Crippen LogP contribution is -2.61. The molecule has 3 nitrogen and oxygen atoms in total. The second kappa shape index (κ2) is 15.6. The van der Waals surface area contributed by atoms with E-state index in [9.17, 15) is 52.7 Å². The maximum absolute atomic E-state index is 14.8. The largest absolute Gasteiger partial charge is 0.460 e. The van der Waals surface area contributed by atoms with E-state index in [1.165, 1.54) is 17.2 Å². The van der Waals surface area contributed by atoms with Crippen molar-refractivity contribution in [2.45, 2.75) is 134 Å². The summed E-state index contributed by atoms with van der Waals surface area (Å²) < 4.78 is 171. The molecule has 0 saturated carbocycles. The molecule has 0 N–H and O–H groups in total. The Balaban J connectivity index is 2.58. The Bertz CT molecular complexity index is 1400. The summed E-state index contributed by atoms with van der Waals surface area (Å²) in [6, 6.07) is 12.0. The van der Waals surface area contributed by atoms with Gasteiger partial charge in [0.05, 0.1) is 30.4 Å². The Hall–Kier alpha value is -2.30. The first-order chi connectivity index (χ1) is 22.8. The van der Waals surface area contributed by atoms with Crippen LogP contribution in [0.25, 0.3) is 0 Å². The van der Waals surface area contributed by atoms with Crippen LogP contribution in [-0.4, -0.2) is 49.5 Å². The molecule has 1 atom stereocenters. The summed E-state index contributed by atoms with van der Waals surface area (Å²) in [6.45, 7) is 14.6. The molecule has 16 heteroatoms. The molecule has 0 fully saturated rings. The highest BCUT2D eigenvalue weighted by Crippen LogP contribution is 2.55. The van der Waals surface area contributed by atoms with Crippen molar-refractivity contribution >= 4 is 8.32 Å². The van der Waals surface area contributed by atoms with Crippen LogP contribution in [0.4, 0.5) is 52.7 Å². The Morgan fingerprint density at radius 2 is 1.22 bits per heavy atom. The molecular weight excluding hydrogens is 722 g/mol. The van der Waals surface area contributed by atoms with E-state index < -0.39 is 84.5 Å². The van der Waals surface area contributed by atoms with Gasteiger partial charge in [-0.2, -0.15) is 57.7 Å². The van der Waals surface area contributed by atoms with Crippen molar-refractivity contribution in [2.24, 2.45) is 5.41 Å². The van der Waals surface area contributed by atoms with Gasteiger partial charge in [0, 0.05) is 6.42 Å². The molecule has 0 heterocycles. The maximum Gasteiger partial charge on any atom is 0.460 e. The normalized spacial score (nSPS) is 15.3. The van der Waals surface area contributed by atoms with Gasteiger partial charge in [-0.1, -0.05) is 90.9 Å². The van der Waals surface area contributed by atoms with Crippen LogP contribution in [0.2, 0.25) is 17.1 Å². The Labute approximate surface area is 292 Å². The predicted octanol–water partition coefficient (Wildman–Crippen LogP) is 12.6. The van der Waals surface area contributed by atoms with E-state index in [-0.39, 0.29) is 18.8 Å². The van der Waals surface area contributed by atoms with Crippen molar-refractivity contribution in [3.05, 3.63) is 71.3 Å². The molecule has 0 aromatic heterocycles. The fourth-order valence-corrected chi connectivity index (χ4v) is 10.8. The summed E-state index contributed by atoms with van der Waals surface area (Å²) in [5, 5.41) is 1.54. The van der Waals surface area contributed by atoms with Gasteiger partial charge in [0.25, 0.3) is 0 Å². The average molecular weight is 770 g/mol. The summed E-state index contributed by atoms with van der Waals surface area (Å²) in [4.78, 5) is 6.31. The first kappa shape index (κ1) is 44.9. The van der Waals surface area contributed by atoms with Crippen LogP contribution >= 0.6 is 0 Å². The van der Waals surface area contributed by atoms with Crippen molar-refractivity contribution in [1.82, 2.24) is 5.06 Å². The molecule has 0 aliphatic carbocycles. The SMILES string of the molecule is CC(C)[Si](CCC(F)(F)C(F)(F)C(F)(F)C(F)(F)F)(OCC(C)(C)N(OCc1cccc(C(F)(F)F)c1)C(c1ccccc1)C(C)(C)C)C(C)C. The number of hydrogen-bond donors (Lipinski definition) is 0. The van der Waals surface area contributed by atoms with Crippen molar-refractivity contribution in [1.29, 1.82) is 0 Å². The molecule has 0 bridgehead atoms. The fourth-order valence-electron chi connectivity index (χ4n) is 6.14. The van der Waals surface area contributed by atoms with Crippen molar-refractivity contribution in [3.8, 4) is 0 Å². The minimum atomic E-state index is -7.00. The number of hydroxylamine groups is 2. The van der Waals surface area contributed by atoms with Crippen LogP contribution in [0, 0.1) is 5.41 Å². The summed E-state index contributed by atoms with van der Waals surface area (Å²) in [5.74, 6) is -19.5. The number of alkyl halides is 12. The molecule has 0 spiro atoms. The van der Waals surface area contributed by atoms with E-state index in [0.717, 1.165) is 17.7 Å².